The van der Waals surface area contributed by atoms with Crippen LogP contribution >= 0.6 is 0 Å². The zero-order valence-electron chi connectivity index (χ0n) is 10.6. The number of carbonyl (C=O) groups is 2. The first kappa shape index (κ1) is 11.2. The van der Waals surface area contributed by atoms with Gasteiger partial charge in [0.15, 0.2) is 0 Å². The molecule has 0 fully saturated rings. The fourth-order valence-electron chi connectivity index (χ4n) is 2.59. The Morgan fingerprint density at radius 2 is 1.67 bits per heavy atom. The van der Waals surface area contributed by atoms with Crippen LogP contribution in [-0.4, -0.2) is 17.7 Å². The van der Waals surface area contributed by atoms with E-state index in [1.807, 2.05) is 32.9 Å². The molecule has 1 aromatic rings. The van der Waals surface area contributed by atoms with E-state index in [0.29, 0.717) is 16.9 Å². The number of hydrogen-bond donors (Lipinski definition) is 0. The lowest BCUT2D eigenvalue weighted by molar-refractivity contribution is -0.112. The molecule has 1 aromatic carbocycles. The number of benzene rings is 1. The Morgan fingerprint density at radius 1 is 1.06 bits per heavy atom. The van der Waals surface area contributed by atoms with Crippen molar-refractivity contribution in [2.75, 3.05) is 0 Å². The fraction of sp³-hybridized carbons (Fsp3) is 0.333. The van der Waals surface area contributed by atoms with E-state index in [9.17, 15) is 9.59 Å². The van der Waals surface area contributed by atoms with Crippen LogP contribution in [0.25, 0.3) is 5.76 Å². The number of carbonyl (C=O) groups excluding carboxylic acids is 2. The molecule has 0 spiro atoms. The van der Waals surface area contributed by atoms with Crippen molar-refractivity contribution in [2.24, 2.45) is 5.41 Å². The van der Waals surface area contributed by atoms with Crippen molar-refractivity contribution in [1.29, 1.82) is 0 Å². The molecule has 0 aromatic heterocycles. The molecule has 1 heterocycles. The normalized spacial score (nSPS) is 24.7. The first-order valence-corrected chi connectivity index (χ1v) is 6.04. The van der Waals surface area contributed by atoms with Crippen molar-refractivity contribution < 1.29 is 14.3 Å². The SMILES string of the molecule is CC1OC2=C(C(=O)C(=O)c3ccccc32)C1(C)C. The summed E-state index contributed by atoms with van der Waals surface area (Å²) in [5, 5.41) is 0. The predicted molar refractivity (Wildman–Crippen MR) is 67.0 cm³/mol. The highest BCUT2D eigenvalue weighted by molar-refractivity contribution is 6.52. The molecule has 0 N–H and O–H groups in total. The smallest absolute Gasteiger partial charge is 0.234 e. The number of rotatable bonds is 0. The number of ketones is 2. The zero-order chi connectivity index (χ0) is 13.1. The maximum Gasteiger partial charge on any atom is 0.234 e. The standard InChI is InChI=1S/C15H14O3/c1-8-15(2,3)11-13(17)12(16)9-6-4-5-7-10(9)14(11)18-8/h4-8H,1-3H3. The minimum absolute atomic E-state index is 0.106. The molecule has 3 rings (SSSR count). The van der Waals surface area contributed by atoms with Gasteiger partial charge in [-0.3, -0.25) is 9.59 Å². The second-order valence-electron chi connectivity index (χ2n) is 5.39. The van der Waals surface area contributed by atoms with Gasteiger partial charge in [0.25, 0.3) is 0 Å². The van der Waals surface area contributed by atoms with Gasteiger partial charge in [-0.05, 0) is 6.92 Å². The molecule has 0 saturated carbocycles. The van der Waals surface area contributed by atoms with E-state index in [2.05, 4.69) is 0 Å². The predicted octanol–water partition coefficient (Wildman–Crippen LogP) is 2.61. The Bertz CT molecular complexity index is 608. The minimum atomic E-state index is -0.421. The Hall–Kier alpha value is -1.90. The monoisotopic (exact) mass is 242 g/mol. The van der Waals surface area contributed by atoms with Crippen molar-refractivity contribution in [2.45, 2.75) is 26.9 Å². The summed E-state index contributed by atoms with van der Waals surface area (Å²) in [6.45, 7) is 5.82. The van der Waals surface area contributed by atoms with E-state index in [4.69, 9.17) is 4.74 Å². The summed E-state index contributed by atoms with van der Waals surface area (Å²) in [5.74, 6) is -0.249. The maximum absolute atomic E-state index is 12.2. The maximum atomic E-state index is 12.2. The van der Waals surface area contributed by atoms with E-state index in [1.54, 1.807) is 12.1 Å². The second kappa shape index (κ2) is 3.31. The topological polar surface area (TPSA) is 43.4 Å². The van der Waals surface area contributed by atoms with Crippen LogP contribution in [0.3, 0.4) is 0 Å². The van der Waals surface area contributed by atoms with Gasteiger partial charge in [0.2, 0.25) is 11.6 Å². The molecule has 1 aliphatic carbocycles. The largest absolute Gasteiger partial charge is 0.489 e. The highest BCUT2D eigenvalue weighted by Crippen LogP contribution is 2.48. The molecule has 3 heteroatoms. The number of hydrogen-bond acceptors (Lipinski definition) is 3. The van der Waals surface area contributed by atoms with Crippen molar-refractivity contribution in [3.63, 3.8) is 0 Å². The molecule has 1 unspecified atom stereocenters. The van der Waals surface area contributed by atoms with Gasteiger partial charge in [-0.15, -0.1) is 0 Å². The number of Topliss-reactive ketones (excluding diaryl/α,β-unsaturated/α-hetero) is 2. The molecule has 1 aliphatic heterocycles. The number of fused-ring (bicyclic) bond motifs is 2. The van der Waals surface area contributed by atoms with Gasteiger partial charge in [-0.2, -0.15) is 0 Å². The molecule has 2 aliphatic rings. The van der Waals surface area contributed by atoms with Crippen LogP contribution in [0.15, 0.2) is 29.8 Å². The highest BCUT2D eigenvalue weighted by atomic mass is 16.5. The third-order valence-electron chi connectivity index (χ3n) is 4.03. The molecule has 0 bridgehead atoms. The summed E-state index contributed by atoms with van der Waals surface area (Å²) in [4.78, 5) is 24.4. The molecule has 3 nitrogen and oxygen atoms in total. The molecule has 0 amide bonds. The van der Waals surface area contributed by atoms with Crippen LogP contribution in [0.2, 0.25) is 0 Å². The fourth-order valence-corrected chi connectivity index (χ4v) is 2.59. The first-order chi connectivity index (χ1) is 8.44. The summed E-state index contributed by atoms with van der Waals surface area (Å²) in [6.07, 6.45) is -0.106. The molecule has 1 atom stereocenters. The molecule has 0 saturated heterocycles. The van der Waals surface area contributed by atoms with Gasteiger partial charge < -0.3 is 4.74 Å². The Morgan fingerprint density at radius 3 is 2.33 bits per heavy atom. The van der Waals surface area contributed by atoms with Gasteiger partial charge in [-0.1, -0.05) is 38.1 Å². The van der Waals surface area contributed by atoms with Gasteiger partial charge in [-0.25, -0.2) is 0 Å². The lowest BCUT2D eigenvalue weighted by atomic mass is 9.74. The van der Waals surface area contributed by atoms with Crippen LogP contribution in [0.1, 0.15) is 36.7 Å². The molecule has 18 heavy (non-hydrogen) atoms. The summed E-state index contributed by atoms with van der Waals surface area (Å²) >= 11 is 0. The third kappa shape index (κ3) is 1.19. The Labute approximate surface area is 105 Å². The summed E-state index contributed by atoms with van der Waals surface area (Å²) in [5.41, 5.74) is 1.30. The summed E-state index contributed by atoms with van der Waals surface area (Å²) in [6, 6.07) is 7.13. The zero-order valence-corrected chi connectivity index (χ0v) is 10.6. The van der Waals surface area contributed by atoms with E-state index < -0.39 is 17.0 Å². The highest BCUT2D eigenvalue weighted by Gasteiger charge is 2.49. The molecular formula is C15H14O3. The van der Waals surface area contributed by atoms with Gasteiger partial charge in [0, 0.05) is 16.5 Å². The average molecular weight is 242 g/mol. The van der Waals surface area contributed by atoms with E-state index in [-0.39, 0.29) is 6.10 Å². The second-order valence-corrected chi connectivity index (χ2v) is 5.39. The quantitative estimate of drug-likeness (QED) is 0.657. The summed E-state index contributed by atoms with van der Waals surface area (Å²) in [7, 11) is 0. The van der Waals surface area contributed by atoms with Crippen molar-refractivity contribution in [1.82, 2.24) is 0 Å². The van der Waals surface area contributed by atoms with Crippen molar-refractivity contribution in [3.05, 3.63) is 41.0 Å². The van der Waals surface area contributed by atoms with E-state index >= 15 is 0 Å². The van der Waals surface area contributed by atoms with Crippen LogP contribution < -0.4 is 0 Å². The van der Waals surface area contributed by atoms with Crippen molar-refractivity contribution in [3.8, 4) is 0 Å². The summed E-state index contributed by atoms with van der Waals surface area (Å²) < 4.78 is 5.83. The third-order valence-corrected chi connectivity index (χ3v) is 4.03. The van der Waals surface area contributed by atoms with Gasteiger partial charge in [0.05, 0.1) is 5.57 Å². The van der Waals surface area contributed by atoms with Gasteiger partial charge >= 0.3 is 0 Å². The van der Waals surface area contributed by atoms with Crippen LogP contribution in [0, 0.1) is 5.41 Å². The Balaban J connectivity index is 2.32. The van der Waals surface area contributed by atoms with Crippen molar-refractivity contribution >= 4 is 17.3 Å². The van der Waals surface area contributed by atoms with E-state index in [0.717, 1.165) is 5.56 Å². The molecule has 0 radical (unpaired) electrons. The average Bonchev–Trinajstić information content (AvgIpc) is 2.58. The van der Waals surface area contributed by atoms with Gasteiger partial charge in [0.1, 0.15) is 11.9 Å². The van der Waals surface area contributed by atoms with E-state index in [1.165, 1.54) is 0 Å². The Kier molecular flexibility index (Phi) is 2.06. The minimum Gasteiger partial charge on any atom is -0.489 e. The number of ether oxygens (including phenoxy) is 1. The lowest BCUT2D eigenvalue weighted by Gasteiger charge is -2.24. The van der Waals surface area contributed by atoms with Crippen LogP contribution in [-0.2, 0) is 9.53 Å². The lowest BCUT2D eigenvalue weighted by Crippen LogP contribution is -2.32. The molecular weight excluding hydrogens is 228 g/mol. The van der Waals surface area contributed by atoms with Crippen LogP contribution in [0.5, 0.6) is 0 Å². The first-order valence-electron chi connectivity index (χ1n) is 6.04. The van der Waals surface area contributed by atoms with Crippen LogP contribution in [0.4, 0.5) is 0 Å². The molecule has 92 valence electrons.